The Morgan fingerprint density at radius 3 is 1.20 bits per heavy atom. The van der Waals surface area contributed by atoms with Gasteiger partial charge < -0.3 is 28.5 Å². The van der Waals surface area contributed by atoms with Gasteiger partial charge in [0.15, 0.2) is 6.10 Å². The van der Waals surface area contributed by atoms with Gasteiger partial charge in [0, 0.05) is 12.8 Å². The predicted molar refractivity (Wildman–Crippen MR) is 300 cm³/mol. The molecule has 0 aliphatic heterocycles. The number of hydrogen-bond acceptors (Lipinski definition) is 7. The van der Waals surface area contributed by atoms with Crippen molar-refractivity contribution in [2.75, 3.05) is 47.5 Å². The molecule has 0 fully saturated rings. The van der Waals surface area contributed by atoms with Crippen LogP contribution in [0.2, 0.25) is 0 Å². The zero-order chi connectivity index (χ0) is 52.0. The van der Waals surface area contributed by atoms with Crippen molar-refractivity contribution >= 4 is 17.9 Å². The van der Waals surface area contributed by atoms with Crippen molar-refractivity contribution in [2.24, 2.45) is 0 Å². The minimum Gasteiger partial charge on any atom is -0.477 e. The lowest BCUT2D eigenvalue weighted by Gasteiger charge is -2.25. The van der Waals surface area contributed by atoms with Crippen molar-refractivity contribution in [3.63, 3.8) is 0 Å². The monoisotopic (exact) mass is 999 g/mol. The molecule has 0 aliphatic carbocycles. The molecule has 412 valence electrons. The number of nitrogens with zero attached hydrogens (tertiary/aromatic N) is 1. The zero-order valence-electron chi connectivity index (χ0n) is 46.9. The number of rotatable bonds is 54. The molecule has 0 rings (SSSR count). The fraction of sp³-hybridized carbons (Fsp3) is 0.790. The van der Waals surface area contributed by atoms with E-state index in [2.05, 4.69) is 74.6 Å². The van der Waals surface area contributed by atoms with Crippen LogP contribution in [0.1, 0.15) is 258 Å². The van der Waals surface area contributed by atoms with Crippen LogP contribution in [0.4, 0.5) is 0 Å². The van der Waals surface area contributed by atoms with Crippen LogP contribution in [0, 0.1) is 0 Å². The number of carbonyl (C=O) groups is 3. The number of likely N-dealkylation sites (N-methyl/N-ethyl adjacent to an activating group) is 1. The molecule has 0 amide bonds. The molecular weight excluding hydrogens is 887 g/mol. The topological polar surface area (TPSA) is 108 Å². The van der Waals surface area contributed by atoms with Crippen molar-refractivity contribution in [2.45, 2.75) is 270 Å². The molecule has 0 aromatic rings. The highest BCUT2D eigenvalue weighted by atomic mass is 16.7. The zero-order valence-corrected chi connectivity index (χ0v) is 46.9. The number of hydrogen-bond donors (Lipinski definition) is 1. The van der Waals surface area contributed by atoms with E-state index in [1.807, 2.05) is 21.1 Å². The van der Waals surface area contributed by atoms with Gasteiger partial charge in [0.2, 0.25) is 0 Å². The van der Waals surface area contributed by atoms with Crippen molar-refractivity contribution in [3.05, 3.63) is 60.8 Å². The number of aliphatic carboxylic acids is 1. The van der Waals surface area contributed by atoms with E-state index in [0.29, 0.717) is 17.4 Å². The normalized spacial score (nSPS) is 13.2. The molecule has 9 heteroatoms. The third-order valence-corrected chi connectivity index (χ3v) is 12.8. The van der Waals surface area contributed by atoms with Crippen molar-refractivity contribution < 1.29 is 42.9 Å². The number of unbranched alkanes of at least 4 members (excludes halogenated alkanes) is 29. The number of allylic oxidation sites excluding steroid dienone is 10. The van der Waals surface area contributed by atoms with Gasteiger partial charge in [-0.3, -0.25) is 9.59 Å². The van der Waals surface area contributed by atoms with Crippen LogP contribution in [0.15, 0.2) is 60.8 Å². The molecule has 1 N–H and O–H groups in total. The van der Waals surface area contributed by atoms with Crippen LogP contribution < -0.4 is 0 Å². The van der Waals surface area contributed by atoms with Crippen molar-refractivity contribution in [1.82, 2.24) is 0 Å². The molecule has 0 saturated carbocycles. The van der Waals surface area contributed by atoms with Gasteiger partial charge >= 0.3 is 17.9 Å². The summed E-state index contributed by atoms with van der Waals surface area (Å²) in [6.45, 7) is 4.78. The molecule has 0 aromatic heterocycles. The van der Waals surface area contributed by atoms with Gasteiger partial charge in [-0.15, -0.1) is 0 Å². The Morgan fingerprint density at radius 2 is 0.803 bits per heavy atom. The third kappa shape index (κ3) is 54.6. The van der Waals surface area contributed by atoms with Gasteiger partial charge in [-0.05, 0) is 57.8 Å². The van der Waals surface area contributed by atoms with Crippen molar-refractivity contribution in [1.29, 1.82) is 0 Å². The molecule has 2 atom stereocenters. The van der Waals surface area contributed by atoms with E-state index in [9.17, 15) is 19.5 Å². The van der Waals surface area contributed by atoms with Crippen LogP contribution >= 0.6 is 0 Å². The van der Waals surface area contributed by atoms with Crippen LogP contribution in [0.25, 0.3) is 0 Å². The van der Waals surface area contributed by atoms with E-state index in [4.69, 9.17) is 18.9 Å². The molecule has 2 unspecified atom stereocenters. The maximum atomic E-state index is 12.9. The highest BCUT2D eigenvalue weighted by molar-refractivity contribution is 5.71. The lowest BCUT2D eigenvalue weighted by Crippen LogP contribution is -2.40. The number of carbonyl (C=O) groups excluding carboxylic acids is 2. The van der Waals surface area contributed by atoms with Crippen LogP contribution in [-0.4, -0.2) is 87.4 Å². The van der Waals surface area contributed by atoms with Gasteiger partial charge in [-0.1, -0.05) is 248 Å². The molecule has 0 aliphatic rings. The van der Waals surface area contributed by atoms with Crippen LogP contribution in [-0.2, 0) is 33.3 Å². The fourth-order valence-electron chi connectivity index (χ4n) is 8.28. The molecule has 0 saturated heterocycles. The first-order valence-electron chi connectivity index (χ1n) is 29.5. The second-order valence-corrected chi connectivity index (χ2v) is 20.9. The maximum Gasteiger partial charge on any atom is 0.361 e. The Balaban J connectivity index is 4.08. The fourth-order valence-corrected chi connectivity index (χ4v) is 8.28. The SMILES string of the molecule is CC/C=C\C/C=C\C/C=C\C/C=C\C/C=C\CCCCCCCCCCCCCCCCCCCC(=O)OC(COC(=O)CCCCCCCCCCCCCCC)COC(OCC[N+](C)(C)C)C(=O)O. The Hall–Kier alpha value is -3.01. The van der Waals surface area contributed by atoms with Crippen LogP contribution in [0.3, 0.4) is 0 Å². The first-order valence-corrected chi connectivity index (χ1v) is 29.5. The minimum atomic E-state index is -1.51. The average Bonchev–Trinajstić information content (AvgIpc) is 3.34. The summed E-state index contributed by atoms with van der Waals surface area (Å²) < 4.78 is 22.9. The quantitative estimate of drug-likeness (QED) is 0.0211. The molecule has 0 radical (unpaired) electrons. The summed E-state index contributed by atoms with van der Waals surface area (Å²) in [4.78, 5) is 37.3. The van der Waals surface area contributed by atoms with E-state index in [1.165, 1.54) is 161 Å². The summed E-state index contributed by atoms with van der Waals surface area (Å²) in [6, 6.07) is 0. The van der Waals surface area contributed by atoms with Gasteiger partial charge in [0.1, 0.15) is 13.2 Å². The second-order valence-electron chi connectivity index (χ2n) is 20.9. The minimum absolute atomic E-state index is 0.178. The molecule has 0 aromatic carbocycles. The number of carboxylic acids is 1. The largest absolute Gasteiger partial charge is 0.477 e. The Morgan fingerprint density at radius 1 is 0.437 bits per heavy atom. The predicted octanol–water partition coefficient (Wildman–Crippen LogP) is 17.2. The lowest BCUT2D eigenvalue weighted by molar-refractivity contribution is -0.870. The van der Waals surface area contributed by atoms with Crippen molar-refractivity contribution in [3.8, 4) is 0 Å². The number of ether oxygens (including phenoxy) is 4. The summed E-state index contributed by atoms with van der Waals surface area (Å²) >= 11 is 0. The van der Waals surface area contributed by atoms with E-state index >= 15 is 0 Å². The average molecular weight is 1000 g/mol. The summed E-state index contributed by atoms with van der Waals surface area (Å²) in [5, 5.41) is 9.69. The number of esters is 2. The van der Waals surface area contributed by atoms with E-state index in [0.717, 1.165) is 70.6 Å². The molecule has 0 spiro atoms. The second kappa shape index (κ2) is 53.3. The lowest BCUT2D eigenvalue weighted by atomic mass is 10.0. The molecule has 9 nitrogen and oxygen atoms in total. The van der Waals surface area contributed by atoms with Gasteiger partial charge in [-0.25, -0.2) is 4.79 Å². The summed E-state index contributed by atoms with van der Waals surface area (Å²) in [6.07, 6.45) is 64.5. The summed E-state index contributed by atoms with van der Waals surface area (Å²) in [7, 11) is 5.97. The molecule has 71 heavy (non-hydrogen) atoms. The first-order chi connectivity index (χ1) is 34.6. The number of quaternary nitrogens is 1. The van der Waals surface area contributed by atoms with Crippen LogP contribution in [0.5, 0.6) is 0 Å². The Bertz CT molecular complexity index is 1350. The van der Waals surface area contributed by atoms with Gasteiger partial charge in [0.25, 0.3) is 6.29 Å². The highest BCUT2D eigenvalue weighted by Gasteiger charge is 2.25. The standard InChI is InChI=1S/C62H111NO8/c1-6-8-10-12-14-16-18-20-21-22-23-24-25-26-27-28-29-30-31-32-33-34-35-36-37-38-39-41-43-45-47-49-51-53-60(65)71-58(57-70-62(61(66)67)68-55-54-63(3,4)5)56-69-59(64)52-50-48-46-44-42-40-19-17-15-13-11-9-7-2/h8,10,14,16,20-21,23-24,26-27,58,62H,6-7,9,11-13,15,17-19,22,25,28-57H2,1-5H3/p+1/b10-8-,16-14-,21-20-,24-23-,27-26-. The number of carboxylic acid groups (broad SMARTS) is 1. The molecule has 0 heterocycles. The van der Waals surface area contributed by atoms with Gasteiger partial charge in [-0.2, -0.15) is 0 Å². The molecule has 0 bridgehead atoms. The summed E-state index contributed by atoms with van der Waals surface area (Å²) in [5.74, 6) is -1.99. The molecular formula is C62H112NO8+. The third-order valence-electron chi connectivity index (χ3n) is 12.8. The summed E-state index contributed by atoms with van der Waals surface area (Å²) in [5.41, 5.74) is 0. The van der Waals surface area contributed by atoms with E-state index in [1.54, 1.807) is 0 Å². The Labute approximate surface area is 437 Å². The van der Waals surface area contributed by atoms with E-state index in [-0.39, 0.29) is 32.2 Å². The Kier molecular flexibility index (Phi) is 51.0. The van der Waals surface area contributed by atoms with E-state index < -0.39 is 24.3 Å². The van der Waals surface area contributed by atoms with Gasteiger partial charge in [0.05, 0.1) is 34.4 Å². The maximum absolute atomic E-state index is 12.9. The first kappa shape index (κ1) is 68.0. The smallest absolute Gasteiger partial charge is 0.361 e. The highest BCUT2D eigenvalue weighted by Crippen LogP contribution is 2.17.